The van der Waals surface area contributed by atoms with Crippen molar-refractivity contribution in [2.75, 3.05) is 69.1 Å². The molecule has 1 aliphatic heterocycles. The molecule has 0 bridgehead atoms. The molecule has 48 heavy (non-hydrogen) atoms. The van der Waals surface area contributed by atoms with Crippen LogP contribution in [-0.4, -0.2) is 82.0 Å². The number of fused-ring (bicyclic) bond motifs is 1. The number of para-hydroxylation sites is 1. The van der Waals surface area contributed by atoms with Crippen LogP contribution in [0.2, 0.25) is 0 Å². The minimum atomic E-state index is -1.14. The van der Waals surface area contributed by atoms with Gasteiger partial charge in [0.2, 0.25) is 11.8 Å². The fraction of sp³-hybridized carbons (Fsp3) is 0.429. The van der Waals surface area contributed by atoms with Crippen molar-refractivity contribution in [2.45, 2.75) is 40.2 Å². The van der Waals surface area contributed by atoms with Crippen LogP contribution in [0.15, 0.2) is 60.8 Å². The molecule has 4 rings (SSSR count). The summed E-state index contributed by atoms with van der Waals surface area (Å²) in [4.78, 5) is 50.6. The van der Waals surface area contributed by atoms with Gasteiger partial charge in [-0.1, -0.05) is 12.1 Å². The highest BCUT2D eigenvalue weighted by molar-refractivity contribution is 6.20. The molecule has 0 aliphatic carbocycles. The van der Waals surface area contributed by atoms with Gasteiger partial charge in [-0.3, -0.25) is 19.4 Å². The van der Waals surface area contributed by atoms with Gasteiger partial charge in [-0.05, 0) is 75.6 Å². The lowest BCUT2D eigenvalue weighted by molar-refractivity contribution is -0.137. The van der Waals surface area contributed by atoms with Crippen molar-refractivity contribution in [2.24, 2.45) is 5.41 Å². The molecule has 0 fully saturated rings. The molecule has 1 aliphatic rings. The van der Waals surface area contributed by atoms with Gasteiger partial charge in [0.1, 0.15) is 11.2 Å². The number of halogens is 3. The standard InChI is InChI=1S/C35H46N6O4.3ClH/c1-8-41-30-16-15-27(23-31(30)40(7)33(43)35(2,3)34(41)44)45-21-11-12-26-22-25(17-18-37-26)24-36-19-20-39(6)32(42)28-13-9-10-14-29(28)38(4)5;;;/h9-10,13-18,22-23,36H,8,11-12,19-21,24H2,1-7H3;3*1H. The van der Waals surface area contributed by atoms with Gasteiger partial charge in [-0.25, -0.2) is 0 Å². The van der Waals surface area contributed by atoms with Gasteiger partial charge < -0.3 is 29.7 Å². The van der Waals surface area contributed by atoms with Crippen molar-refractivity contribution < 1.29 is 19.1 Å². The first kappa shape index (κ1) is 42.5. The second kappa shape index (κ2) is 18.8. The van der Waals surface area contributed by atoms with E-state index in [0.29, 0.717) is 55.5 Å². The smallest absolute Gasteiger partial charge is 0.255 e. The van der Waals surface area contributed by atoms with Crippen LogP contribution < -0.4 is 24.8 Å². The Balaban J connectivity index is 0.00000384. The van der Waals surface area contributed by atoms with Crippen molar-refractivity contribution in [3.8, 4) is 5.75 Å². The first-order chi connectivity index (χ1) is 21.4. The minimum absolute atomic E-state index is 0. The molecular weight excluding hydrogens is 675 g/mol. The highest BCUT2D eigenvalue weighted by Crippen LogP contribution is 2.40. The highest BCUT2D eigenvalue weighted by Gasteiger charge is 2.45. The SMILES string of the molecule is CCN1C(=O)C(C)(C)C(=O)N(C)c2cc(OCCCc3cc(CNCCN(C)C(=O)c4ccccc4N(C)C)ccn3)ccc21.Cl.Cl.Cl. The predicted octanol–water partition coefficient (Wildman–Crippen LogP) is 5.64. The lowest BCUT2D eigenvalue weighted by atomic mass is 9.90. The summed E-state index contributed by atoms with van der Waals surface area (Å²) in [6, 6.07) is 17.3. The lowest BCUT2D eigenvalue weighted by Gasteiger charge is -2.27. The van der Waals surface area contributed by atoms with Gasteiger partial charge in [-0.15, -0.1) is 37.2 Å². The van der Waals surface area contributed by atoms with Gasteiger partial charge in [0, 0.05) is 78.0 Å². The van der Waals surface area contributed by atoms with Crippen LogP contribution in [-0.2, 0) is 22.6 Å². The molecule has 3 aromatic rings. The molecule has 13 heteroatoms. The number of hydrogen-bond donors (Lipinski definition) is 1. The Morgan fingerprint density at radius 1 is 0.958 bits per heavy atom. The second-order valence-corrected chi connectivity index (χ2v) is 12.1. The van der Waals surface area contributed by atoms with Gasteiger partial charge in [0.15, 0.2) is 0 Å². The van der Waals surface area contributed by atoms with Crippen molar-refractivity contribution >= 4 is 72.0 Å². The maximum Gasteiger partial charge on any atom is 0.255 e. The summed E-state index contributed by atoms with van der Waals surface area (Å²) in [6.45, 7) is 8.15. The quantitative estimate of drug-likeness (QED) is 0.180. The van der Waals surface area contributed by atoms with Gasteiger partial charge in [-0.2, -0.15) is 0 Å². The van der Waals surface area contributed by atoms with Crippen LogP contribution in [0.4, 0.5) is 17.1 Å². The van der Waals surface area contributed by atoms with Crippen LogP contribution in [0, 0.1) is 5.41 Å². The first-order valence-electron chi connectivity index (χ1n) is 15.5. The molecular formula is C35H49Cl3N6O4. The third-order valence-corrected chi connectivity index (χ3v) is 8.18. The summed E-state index contributed by atoms with van der Waals surface area (Å²) >= 11 is 0. The zero-order valence-corrected chi connectivity index (χ0v) is 31.3. The van der Waals surface area contributed by atoms with E-state index in [1.54, 1.807) is 35.6 Å². The normalized spacial score (nSPS) is 13.3. The first-order valence-corrected chi connectivity index (χ1v) is 15.5. The van der Waals surface area contributed by atoms with E-state index < -0.39 is 5.41 Å². The number of carbonyl (C=O) groups excluding carboxylic acids is 3. The molecule has 264 valence electrons. The van der Waals surface area contributed by atoms with E-state index in [0.717, 1.165) is 29.8 Å². The number of benzene rings is 2. The molecule has 3 amide bonds. The molecule has 1 aromatic heterocycles. The van der Waals surface area contributed by atoms with E-state index in [-0.39, 0.29) is 54.9 Å². The van der Waals surface area contributed by atoms with E-state index in [1.807, 2.05) is 87.7 Å². The predicted molar refractivity (Wildman–Crippen MR) is 201 cm³/mol. The maximum atomic E-state index is 13.1. The second-order valence-electron chi connectivity index (χ2n) is 12.1. The molecule has 0 unspecified atom stereocenters. The number of amides is 3. The third kappa shape index (κ3) is 9.75. The fourth-order valence-electron chi connectivity index (χ4n) is 5.52. The number of nitrogens with one attached hydrogen (secondary N) is 1. The molecule has 2 aromatic carbocycles. The van der Waals surface area contributed by atoms with Crippen LogP contribution >= 0.6 is 37.2 Å². The van der Waals surface area contributed by atoms with Crippen LogP contribution in [0.5, 0.6) is 5.75 Å². The Bertz CT molecular complexity index is 1540. The van der Waals surface area contributed by atoms with Crippen LogP contribution in [0.25, 0.3) is 0 Å². The van der Waals surface area contributed by atoms with Gasteiger partial charge in [0.25, 0.3) is 5.91 Å². The number of rotatable bonds is 13. The molecule has 2 heterocycles. The number of nitrogens with zero attached hydrogens (tertiary/aromatic N) is 5. The molecule has 10 nitrogen and oxygen atoms in total. The van der Waals surface area contributed by atoms with E-state index in [4.69, 9.17) is 4.74 Å². The van der Waals surface area contributed by atoms with Crippen molar-refractivity contribution in [3.05, 3.63) is 77.6 Å². The number of hydrogen-bond acceptors (Lipinski definition) is 7. The van der Waals surface area contributed by atoms with E-state index in [1.165, 1.54) is 0 Å². The van der Waals surface area contributed by atoms with E-state index in [9.17, 15) is 14.4 Å². The van der Waals surface area contributed by atoms with Crippen molar-refractivity contribution in [1.29, 1.82) is 0 Å². The summed E-state index contributed by atoms with van der Waals surface area (Å²) in [6.07, 6.45) is 3.35. The highest BCUT2D eigenvalue weighted by atomic mass is 35.5. The molecule has 0 radical (unpaired) electrons. The van der Waals surface area contributed by atoms with Crippen LogP contribution in [0.1, 0.15) is 48.8 Å². The minimum Gasteiger partial charge on any atom is -0.494 e. The largest absolute Gasteiger partial charge is 0.494 e. The summed E-state index contributed by atoms with van der Waals surface area (Å²) < 4.78 is 6.05. The topological polar surface area (TPSA) is 98.3 Å². The van der Waals surface area contributed by atoms with E-state index >= 15 is 0 Å². The van der Waals surface area contributed by atoms with Crippen LogP contribution in [0.3, 0.4) is 0 Å². The number of likely N-dealkylation sites (N-methyl/N-ethyl adjacent to an activating group) is 1. The Hall–Kier alpha value is -3.57. The van der Waals surface area contributed by atoms with Gasteiger partial charge >= 0.3 is 0 Å². The van der Waals surface area contributed by atoms with E-state index in [2.05, 4.69) is 16.4 Å². The molecule has 0 saturated heterocycles. The average Bonchev–Trinajstić information content (AvgIpc) is 3.09. The Morgan fingerprint density at radius 2 is 1.67 bits per heavy atom. The Labute approximate surface area is 303 Å². The number of carbonyl (C=O) groups is 3. The zero-order chi connectivity index (χ0) is 32.7. The molecule has 0 saturated carbocycles. The number of ether oxygens (including phenoxy) is 1. The lowest BCUT2D eigenvalue weighted by Crippen LogP contribution is -2.47. The number of anilines is 3. The zero-order valence-electron chi connectivity index (χ0n) is 28.8. The summed E-state index contributed by atoms with van der Waals surface area (Å²) in [7, 11) is 7.41. The molecule has 0 spiro atoms. The molecule has 0 atom stereocenters. The number of aromatic nitrogens is 1. The average molecular weight is 724 g/mol. The van der Waals surface area contributed by atoms with Gasteiger partial charge in [0.05, 0.1) is 23.5 Å². The number of pyridine rings is 1. The molecule has 1 N–H and O–H groups in total. The Morgan fingerprint density at radius 3 is 2.35 bits per heavy atom. The number of aryl methyl sites for hydroxylation is 1. The summed E-state index contributed by atoms with van der Waals surface area (Å²) in [5.41, 5.74) is 3.94. The monoisotopic (exact) mass is 722 g/mol. The maximum absolute atomic E-state index is 13.1. The summed E-state index contributed by atoms with van der Waals surface area (Å²) in [5, 5.41) is 3.43. The fourth-order valence-corrected chi connectivity index (χ4v) is 5.52. The summed E-state index contributed by atoms with van der Waals surface area (Å²) in [5.74, 6) is 0.205. The third-order valence-electron chi connectivity index (χ3n) is 8.18. The Kier molecular flexibility index (Phi) is 16.7. The van der Waals surface area contributed by atoms with Crippen molar-refractivity contribution in [3.63, 3.8) is 0 Å². The van der Waals surface area contributed by atoms with Crippen molar-refractivity contribution in [1.82, 2.24) is 15.2 Å².